The molecule has 0 radical (unpaired) electrons. The van der Waals surface area contributed by atoms with E-state index in [9.17, 15) is 0 Å². The molecule has 0 saturated heterocycles. The lowest BCUT2D eigenvalue weighted by Gasteiger charge is -2.11. The molecule has 0 bridgehead atoms. The molecule has 24 aromatic rings. The van der Waals surface area contributed by atoms with E-state index in [0.717, 1.165) is 116 Å². The van der Waals surface area contributed by atoms with Crippen LogP contribution in [-0.2, 0) is 0 Å². The summed E-state index contributed by atoms with van der Waals surface area (Å²) in [5, 5.41) is 21.6. The Balaban J connectivity index is 0.0000000873. The highest BCUT2D eigenvalue weighted by Gasteiger charge is 2.21. The number of pyridine rings is 6. The smallest absolute Gasteiger partial charge is 0.165 e. The maximum Gasteiger partial charge on any atom is 0.165 e. The predicted octanol–water partition coefficient (Wildman–Crippen LogP) is 21.4. The summed E-state index contributed by atoms with van der Waals surface area (Å²) in [5.41, 5.74) is 18.4. The van der Waals surface area contributed by atoms with Gasteiger partial charge in [-0.3, -0.25) is 27.6 Å². The number of benzene rings is 13. The second-order valence-corrected chi connectivity index (χ2v) is 25.4. The van der Waals surface area contributed by atoms with Crippen LogP contribution in [0.15, 0.2) is 316 Å². The Morgan fingerprint density at radius 2 is 0.480 bits per heavy atom. The van der Waals surface area contributed by atoms with Crippen LogP contribution in [0.3, 0.4) is 0 Å². The van der Waals surface area contributed by atoms with Gasteiger partial charge in [0.2, 0.25) is 0 Å². The molecule has 13 aromatic carbocycles. The fourth-order valence-electron chi connectivity index (χ4n) is 15.7. The van der Waals surface area contributed by atoms with E-state index in [1.807, 2.05) is 54.9 Å². The van der Waals surface area contributed by atoms with E-state index in [2.05, 4.69) is 281 Å². The molecule has 0 aliphatic heterocycles. The first-order valence-corrected chi connectivity index (χ1v) is 33.5. The highest BCUT2D eigenvalue weighted by molar-refractivity contribution is 6.26. The third kappa shape index (κ3) is 8.22. The highest BCUT2D eigenvalue weighted by atomic mass is 15.1. The van der Waals surface area contributed by atoms with E-state index in [1.54, 1.807) is 12.4 Å². The van der Waals surface area contributed by atoms with E-state index in [4.69, 9.17) is 24.9 Å². The minimum absolute atomic E-state index is 0.842. The standard InChI is InChI=1S/C23H14N2.2C22H13N3.C21H12N4/c1-2-8-16-15(7-1)13-14-18-17-9-3-5-11-20(17)25-21-12-6-4-10-19(21)24-23(25)22(16)18;1-2-7-15-14(6-1)11-12-16-17-8-5-13-23-21(17)25-19-10-4-3-9-18(19)24-22(25)20(15)16;1-2-7-15-14(6-1)11-12-16-20(15)22-24-17-8-3-4-9-18(17)25(22)19-10-5-13-23-21(16)19;1-2-6-14-13(5-1)9-10-15-18(14)20-24-16-7-3-4-8-17(16)25(20)21-19(15)22-11-12-23-21/h1-14H;2*1-13H;1-12H. The van der Waals surface area contributed by atoms with Crippen molar-refractivity contribution in [2.45, 2.75) is 0 Å². The lowest BCUT2D eigenvalue weighted by Crippen LogP contribution is -1.96. The van der Waals surface area contributed by atoms with Crippen molar-refractivity contribution >= 4 is 197 Å². The summed E-state index contributed by atoms with van der Waals surface area (Å²) in [6, 6.07) is 101. The van der Waals surface area contributed by atoms with Gasteiger partial charge in [-0.25, -0.2) is 29.9 Å². The minimum Gasteiger partial charge on any atom is -0.292 e. The molecule has 100 heavy (non-hydrogen) atoms. The Kier molecular flexibility index (Phi) is 12.1. The number of para-hydroxylation sites is 9. The zero-order valence-electron chi connectivity index (χ0n) is 53.4. The summed E-state index contributed by atoms with van der Waals surface area (Å²) in [7, 11) is 0. The van der Waals surface area contributed by atoms with E-state index >= 15 is 0 Å². The van der Waals surface area contributed by atoms with E-state index < -0.39 is 0 Å². The monoisotopic (exact) mass is 1280 g/mol. The van der Waals surface area contributed by atoms with Crippen LogP contribution in [0.5, 0.6) is 0 Å². The van der Waals surface area contributed by atoms with Gasteiger partial charge < -0.3 is 0 Å². The average Bonchev–Trinajstić information content (AvgIpc) is 1.53. The van der Waals surface area contributed by atoms with Crippen LogP contribution in [0.4, 0.5) is 0 Å². The first-order chi connectivity index (χ1) is 49.7. The molecule has 0 unspecified atom stereocenters. The molecule has 0 atom stereocenters. The molecular formula is C88H52N12. The number of hydrogen-bond donors (Lipinski definition) is 0. The van der Waals surface area contributed by atoms with Gasteiger partial charge in [-0.1, -0.05) is 212 Å². The van der Waals surface area contributed by atoms with Gasteiger partial charge in [0, 0.05) is 67.9 Å². The molecule has 0 saturated carbocycles. The fraction of sp³-hybridized carbons (Fsp3) is 0. The van der Waals surface area contributed by atoms with Gasteiger partial charge in [0.1, 0.15) is 33.8 Å². The SMILES string of the molecule is c1ccc2c(c1)ccc1c3ccccc3n3c4ccccc4nc3c21.c1ccc2c(c1)ccc1c3cccnc3n3c4ccccc4nc3c21.c1ccc2c(c1)ccc1c3ncccc3n3c4ccccc4nc3c21.c1ccc2c(c1)ccc1c3nccnc3n3c4ccccc4nc3c21. The molecule has 0 fully saturated rings. The Labute approximate surface area is 567 Å². The van der Waals surface area contributed by atoms with Crippen LogP contribution in [0.25, 0.3) is 197 Å². The molecule has 464 valence electrons. The number of fused-ring (bicyclic) bond motifs is 40. The van der Waals surface area contributed by atoms with Crippen molar-refractivity contribution in [2.75, 3.05) is 0 Å². The quantitative estimate of drug-likeness (QED) is 0.138. The van der Waals surface area contributed by atoms with Gasteiger partial charge in [-0.15, -0.1) is 0 Å². The van der Waals surface area contributed by atoms with Gasteiger partial charge in [-0.2, -0.15) is 0 Å². The van der Waals surface area contributed by atoms with Crippen LogP contribution in [0, 0.1) is 0 Å². The van der Waals surface area contributed by atoms with Crippen molar-refractivity contribution in [3.8, 4) is 0 Å². The largest absolute Gasteiger partial charge is 0.292 e. The van der Waals surface area contributed by atoms with E-state index in [0.29, 0.717) is 0 Å². The maximum absolute atomic E-state index is 5.01. The Morgan fingerprint density at radius 1 is 0.170 bits per heavy atom. The molecule has 11 heterocycles. The normalized spacial score (nSPS) is 12.0. The van der Waals surface area contributed by atoms with Crippen molar-refractivity contribution in [3.63, 3.8) is 0 Å². The summed E-state index contributed by atoms with van der Waals surface area (Å²) < 4.78 is 8.87. The number of nitrogens with zero attached hydrogens (tertiary/aromatic N) is 12. The van der Waals surface area contributed by atoms with E-state index in [1.165, 1.54) is 80.9 Å². The molecule has 11 aromatic heterocycles. The van der Waals surface area contributed by atoms with Crippen molar-refractivity contribution < 1.29 is 0 Å². The summed E-state index contributed by atoms with van der Waals surface area (Å²) in [6.45, 7) is 0. The molecule has 24 rings (SSSR count). The molecule has 0 spiro atoms. The Bertz CT molecular complexity index is 6680. The lowest BCUT2D eigenvalue weighted by atomic mass is 10.00. The third-order valence-corrected chi connectivity index (χ3v) is 20.0. The third-order valence-electron chi connectivity index (χ3n) is 20.0. The lowest BCUT2D eigenvalue weighted by molar-refractivity contribution is 1.19. The molecule has 0 amide bonds. The Hall–Kier alpha value is -13.8. The van der Waals surface area contributed by atoms with Crippen LogP contribution in [-0.4, -0.2) is 57.5 Å². The Morgan fingerprint density at radius 3 is 0.990 bits per heavy atom. The molecular weight excluding hydrogens is 1230 g/mol. The summed E-state index contributed by atoms with van der Waals surface area (Å²) in [5.74, 6) is 0. The van der Waals surface area contributed by atoms with Crippen molar-refractivity contribution in [1.29, 1.82) is 0 Å². The molecule has 0 N–H and O–H groups in total. The first kappa shape index (κ1) is 55.4. The van der Waals surface area contributed by atoms with Crippen LogP contribution >= 0.6 is 0 Å². The number of hydrogen-bond acceptors (Lipinski definition) is 8. The van der Waals surface area contributed by atoms with Gasteiger partial charge in [-0.05, 0) is 133 Å². The van der Waals surface area contributed by atoms with E-state index in [-0.39, 0.29) is 0 Å². The number of aromatic nitrogens is 12. The molecule has 12 heteroatoms. The second-order valence-electron chi connectivity index (χ2n) is 25.4. The summed E-state index contributed by atoms with van der Waals surface area (Å²) in [6.07, 6.45) is 7.21. The maximum atomic E-state index is 5.01. The first-order valence-electron chi connectivity index (χ1n) is 33.5. The second kappa shape index (κ2) is 21.8. The molecule has 12 nitrogen and oxygen atoms in total. The molecule has 0 aliphatic rings. The van der Waals surface area contributed by atoms with Crippen molar-refractivity contribution in [2.24, 2.45) is 0 Å². The van der Waals surface area contributed by atoms with Crippen LogP contribution in [0.1, 0.15) is 0 Å². The van der Waals surface area contributed by atoms with Crippen LogP contribution < -0.4 is 0 Å². The summed E-state index contributed by atoms with van der Waals surface area (Å²) >= 11 is 0. The highest BCUT2D eigenvalue weighted by Crippen LogP contribution is 2.41. The van der Waals surface area contributed by atoms with Crippen LogP contribution in [0.2, 0.25) is 0 Å². The molecule has 0 aliphatic carbocycles. The zero-order chi connectivity index (χ0) is 65.5. The summed E-state index contributed by atoms with van der Waals surface area (Å²) in [4.78, 5) is 38.5. The van der Waals surface area contributed by atoms with Crippen molar-refractivity contribution in [3.05, 3.63) is 316 Å². The van der Waals surface area contributed by atoms with Gasteiger partial charge in [0.05, 0.1) is 60.7 Å². The van der Waals surface area contributed by atoms with Gasteiger partial charge >= 0.3 is 0 Å². The minimum atomic E-state index is 0.842. The number of imidazole rings is 4. The topological polar surface area (TPSA) is 121 Å². The fourth-order valence-corrected chi connectivity index (χ4v) is 15.7. The van der Waals surface area contributed by atoms with Crippen molar-refractivity contribution in [1.82, 2.24) is 57.5 Å². The average molecular weight is 1280 g/mol. The van der Waals surface area contributed by atoms with Gasteiger partial charge in [0.25, 0.3) is 0 Å². The zero-order valence-corrected chi connectivity index (χ0v) is 53.4. The predicted molar refractivity (Wildman–Crippen MR) is 412 cm³/mol. The van der Waals surface area contributed by atoms with Gasteiger partial charge in [0.15, 0.2) is 5.65 Å². The number of rotatable bonds is 0.